The SMILES string of the molecule is NC(=O)COc1c(F)cccc1C(=O)O. The maximum atomic E-state index is 13.1. The zero-order chi connectivity index (χ0) is 11.4. The summed E-state index contributed by atoms with van der Waals surface area (Å²) in [5.41, 5.74) is 4.43. The summed E-state index contributed by atoms with van der Waals surface area (Å²) in [7, 11) is 0. The van der Waals surface area contributed by atoms with Crippen LogP contribution in [0.25, 0.3) is 0 Å². The van der Waals surface area contributed by atoms with Crippen LogP contribution in [0.15, 0.2) is 18.2 Å². The molecule has 0 aliphatic heterocycles. The van der Waals surface area contributed by atoms with Crippen LogP contribution in [0.2, 0.25) is 0 Å². The van der Waals surface area contributed by atoms with Crippen LogP contribution in [-0.2, 0) is 4.79 Å². The van der Waals surface area contributed by atoms with E-state index in [1.54, 1.807) is 0 Å². The molecule has 0 aliphatic carbocycles. The maximum Gasteiger partial charge on any atom is 0.339 e. The van der Waals surface area contributed by atoms with Gasteiger partial charge in [-0.15, -0.1) is 0 Å². The third-order valence-corrected chi connectivity index (χ3v) is 1.56. The number of carboxylic acids is 1. The van der Waals surface area contributed by atoms with Gasteiger partial charge < -0.3 is 15.6 Å². The number of halogens is 1. The molecule has 0 spiro atoms. The summed E-state index contributed by atoms with van der Waals surface area (Å²) in [6, 6.07) is 3.43. The average molecular weight is 213 g/mol. The Hall–Kier alpha value is -2.11. The second-order valence-electron chi connectivity index (χ2n) is 2.68. The highest BCUT2D eigenvalue weighted by molar-refractivity contribution is 5.91. The van der Waals surface area contributed by atoms with Gasteiger partial charge in [-0.3, -0.25) is 4.79 Å². The lowest BCUT2D eigenvalue weighted by Gasteiger charge is -2.07. The van der Waals surface area contributed by atoms with Gasteiger partial charge >= 0.3 is 5.97 Å². The number of carboxylic acid groups (broad SMARTS) is 1. The normalized spacial score (nSPS) is 9.67. The van der Waals surface area contributed by atoms with E-state index in [0.717, 1.165) is 6.07 Å². The molecule has 15 heavy (non-hydrogen) atoms. The van der Waals surface area contributed by atoms with E-state index in [0.29, 0.717) is 0 Å². The molecule has 1 rings (SSSR count). The van der Waals surface area contributed by atoms with Gasteiger partial charge in [0.2, 0.25) is 0 Å². The van der Waals surface area contributed by atoms with E-state index in [-0.39, 0.29) is 5.56 Å². The summed E-state index contributed by atoms with van der Waals surface area (Å²) in [6.45, 7) is -0.568. The molecule has 0 atom stereocenters. The predicted octanol–water partition coefficient (Wildman–Crippen LogP) is 0.388. The molecule has 1 aromatic rings. The molecule has 0 unspecified atom stereocenters. The Balaban J connectivity index is 3.02. The summed E-state index contributed by atoms with van der Waals surface area (Å²) in [5, 5.41) is 8.69. The number of carbonyl (C=O) groups is 2. The zero-order valence-corrected chi connectivity index (χ0v) is 7.57. The van der Waals surface area contributed by atoms with E-state index in [1.807, 2.05) is 0 Å². The van der Waals surface area contributed by atoms with Crippen LogP contribution < -0.4 is 10.5 Å². The number of aromatic carboxylic acids is 1. The van der Waals surface area contributed by atoms with Crippen LogP contribution in [0, 0.1) is 5.82 Å². The first-order valence-corrected chi connectivity index (χ1v) is 3.95. The predicted molar refractivity (Wildman–Crippen MR) is 48.0 cm³/mol. The van der Waals surface area contributed by atoms with Crippen LogP contribution in [0.1, 0.15) is 10.4 Å². The fourth-order valence-corrected chi connectivity index (χ4v) is 0.967. The van der Waals surface area contributed by atoms with Gasteiger partial charge in [0.25, 0.3) is 5.91 Å². The third kappa shape index (κ3) is 2.67. The highest BCUT2D eigenvalue weighted by atomic mass is 19.1. The Kier molecular flexibility index (Phi) is 3.22. The van der Waals surface area contributed by atoms with Gasteiger partial charge in [-0.1, -0.05) is 6.07 Å². The molecule has 80 valence electrons. The molecule has 5 nitrogen and oxygen atoms in total. The van der Waals surface area contributed by atoms with Crippen molar-refractivity contribution in [1.82, 2.24) is 0 Å². The van der Waals surface area contributed by atoms with E-state index in [2.05, 4.69) is 4.74 Å². The Morgan fingerprint density at radius 1 is 1.47 bits per heavy atom. The lowest BCUT2D eigenvalue weighted by atomic mass is 10.2. The molecule has 6 heteroatoms. The Morgan fingerprint density at radius 3 is 2.67 bits per heavy atom. The van der Waals surface area contributed by atoms with Gasteiger partial charge in [-0.05, 0) is 12.1 Å². The van der Waals surface area contributed by atoms with Crippen molar-refractivity contribution in [2.75, 3.05) is 6.61 Å². The zero-order valence-electron chi connectivity index (χ0n) is 7.57. The van der Waals surface area contributed by atoms with Crippen molar-refractivity contribution in [3.8, 4) is 5.75 Å². The number of carbonyl (C=O) groups excluding carboxylic acids is 1. The molecular weight excluding hydrogens is 205 g/mol. The van der Waals surface area contributed by atoms with Gasteiger partial charge in [0, 0.05) is 0 Å². The maximum absolute atomic E-state index is 13.1. The van der Waals surface area contributed by atoms with Crippen LogP contribution in [0.4, 0.5) is 4.39 Å². The van der Waals surface area contributed by atoms with E-state index in [4.69, 9.17) is 10.8 Å². The van der Waals surface area contributed by atoms with E-state index in [1.165, 1.54) is 12.1 Å². The minimum Gasteiger partial charge on any atom is -0.480 e. The van der Waals surface area contributed by atoms with E-state index < -0.39 is 30.1 Å². The minimum absolute atomic E-state index is 0.351. The monoisotopic (exact) mass is 213 g/mol. The summed E-state index contributed by atoms with van der Waals surface area (Å²) in [6.07, 6.45) is 0. The topological polar surface area (TPSA) is 89.6 Å². The Bertz CT molecular complexity index is 405. The highest BCUT2D eigenvalue weighted by Crippen LogP contribution is 2.22. The van der Waals surface area contributed by atoms with Crippen LogP contribution >= 0.6 is 0 Å². The lowest BCUT2D eigenvalue weighted by Crippen LogP contribution is -2.21. The van der Waals surface area contributed by atoms with Crippen molar-refractivity contribution < 1.29 is 23.8 Å². The molecule has 0 saturated carbocycles. The molecule has 0 fully saturated rings. The number of para-hydroxylation sites is 1. The molecule has 3 N–H and O–H groups in total. The molecule has 0 bridgehead atoms. The Morgan fingerprint density at radius 2 is 2.13 bits per heavy atom. The van der Waals surface area contributed by atoms with Crippen molar-refractivity contribution in [3.63, 3.8) is 0 Å². The van der Waals surface area contributed by atoms with E-state index >= 15 is 0 Å². The number of nitrogens with two attached hydrogens (primary N) is 1. The summed E-state index contributed by atoms with van der Waals surface area (Å²) < 4.78 is 17.8. The summed E-state index contributed by atoms with van der Waals surface area (Å²) >= 11 is 0. The molecule has 0 heterocycles. The molecule has 0 saturated heterocycles. The number of ether oxygens (including phenoxy) is 1. The van der Waals surface area contributed by atoms with Crippen LogP contribution in [0.5, 0.6) is 5.75 Å². The van der Waals surface area contributed by atoms with Crippen molar-refractivity contribution >= 4 is 11.9 Å². The van der Waals surface area contributed by atoms with E-state index in [9.17, 15) is 14.0 Å². The smallest absolute Gasteiger partial charge is 0.339 e. The number of primary amides is 1. The van der Waals surface area contributed by atoms with Crippen molar-refractivity contribution in [2.45, 2.75) is 0 Å². The highest BCUT2D eigenvalue weighted by Gasteiger charge is 2.15. The standard InChI is InChI=1S/C9H8FNO4/c10-6-3-1-2-5(9(13)14)8(6)15-4-7(11)12/h1-3H,4H2,(H2,11,12)(H,13,14). The quantitative estimate of drug-likeness (QED) is 0.756. The van der Waals surface area contributed by atoms with Crippen molar-refractivity contribution in [3.05, 3.63) is 29.6 Å². The largest absolute Gasteiger partial charge is 0.480 e. The van der Waals surface area contributed by atoms with Crippen molar-refractivity contribution in [1.29, 1.82) is 0 Å². The van der Waals surface area contributed by atoms with Gasteiger partial charge in [0.15, 0.2) is 18.2 Å². The first-order chi connectivity index (χ1) is 7.02. The van der Waals surface area contributed by atoms with Gasteiger partial charge in [-0.2, -0.15) is 0 Å². The number of hydrogen-bond donors (Lipinski definition) is 2. The molecular formula is C9H8FNO4. The van der Waals surface area contributed by atoms with Crippen LogP contribution in [0.3, 0.4) is 0 Å². The minimum atomic E-state index is -1.34. The summed E-state index contributed by atoms with van der Waals surface area (Å²) in [4.78, 5) is 21.0. The molecule has 0 aromatic heterocycles. The first-order valence-electron chi connectivity index (χ1n) is 3.95. The second kappa shape index (κ2) is 4.41. The Labute approximate surface area is 84.3 Å². The summed E-state index contributed by atoms with van der Waals surface area (Å²) in [5.74, 6) is -3.48. The lowest BCUT2D eigenvalue weighted by molar-refractivity contribution is -0.120. The fraction of sp³-hybridized carbons (Fsp3) is 0.111. The number of hydrogen-bond acceptors (Lipinski definition) is 3. The van der Waals surface area contributed by atoms with Gasteiger partial charge in [0.1, 0.15) is 5.56 Å². The van der Waals surface area contributed by atoms with Crippen LogP contribution in [-0.4, -0.2) is 23.6 Å². The fourth-order valence-electron chi connectivity index (χ4n) is 0.967. The molecule has 0 aliphatic rings. The third-order valence-electron chi connectivity index (χ3n) is 1.56. The average Bonchev–Trinajstić information content (AvgIpc) is 2.15. The molecule has 1 amide bonds. The van der Waals surface area contributed by atoms with Gasteiger partial charge in [-0.25, -0.2) is 9.18 Å². The number of amides is 1. The number of benzene rings is 1. The molecule has 1 aromatic carbocycles. The second-order valence-corrected chi connectivity index (χ2v) is 2.68. The molecule has 0 radical (unpaired) electrons. The van der Waals surface area contributed by atoms with Gasteiger partial charge in [0.05, 0.1) is 0 Å². The number of rotatable bonds is 4. The van der Waals surface area contributed by atoms with Crippen molar-refractivity contribution in [2.24, 2.45) is 5.73 Å². The first kappa shape index (κ1) is 11.0.